The summed E-state index contributed by atoms with van der Waals surface area (Å²) in [6.45, 7) is 1.34. The van der Waals surface area contributed by atoms with Gasteiger partial charge in [0.05, 0.1) is 11.2 Å². The summed E-state index contributed by atoms with van der Waals surface area (Å²) in [6, 6.07) is 4.87. The van der Waals surface area contributed by atoms with Gasteiger partial charge in [-0.15, -0.1) is 11.3 Å². The molecule has 2 aromatic rings. The Kier molecular flexibility index (Phi) is 4.04. The molecule has 0 aliphatic heterocycles. The van der Waals surface area contributed by atoms with Crippen molar-refractivity contribution < 1.29 is 4.39 Å². The largest absolute Gasteiger partial charge is 0.307 e. The standard InChI is InChI=1S/C11H10BrFN2S/c12-9-1-8(2-10(13)3-9)4-14-5-11-6-16-7-15-11/h1-3,6-7,14H,4-5H2. The van der Waals surface area contributed by atoms with E-state index in [1.165, 1.54) is 12.1 Å². The van der Waals surface area contributed by atoms with Crippen molar-refractivity contribution in [3.05, 3.63) is 50.6 Å². The van der Waals surface area contributed by atoms with Gasteiger partial charge < -0.3 is 5.32 Å². The van der Waals surface area contributed by atoms with Gasteiger partial charge in [0.15, 0.2) is 0 Å². The fourth-order valence-corrected chi connectivity index (χ4v) is 2.44. The molecule has 0 spiro atoms. The van der Waals surface area contributed by atoms with Crippen LogP contribution in [-0.4, -0.2) is 4.98 Å². The Labute approximate surface area is 106 Å². The maximum Gasteiger partial charge on any atom is 0.124 e. The molecule has 0 saturated carbocycles. The summed E-state index contributed by atoms with van der Waals surface area (Å²) in [5.41, 5.74) is 3.73. The second-order valence-electron chi connectivity index (χ2n) is 3.36. The van der Waals surface area contributed by atoms with Crippen LogP contribution in [0.2, 0.25) is 0 Å². The molecule has 0 saturated heterocycles. The van der Waals surface area contributed by atoms with Gasteiger partial charge in [-0.05, 0) is 23.8 Å². The van der Waals surface area contributed by atoms with Gasteiger partial charge in [-0.1, -0.05) is 15.9 Å². The molecule has 0 amide bonds. The lowest BCUT2D eigenvalue weighted by molar-refractivity contribution is 0.618. The Morgan fingerprint density at radius 3 is 2.88 bits per heavy atom. The van der Waals surface area contributed by atoms with E-state index in [-0.39, 0.29) is 5.82 Å². The normalized spacial score (nSPS) is 10.6. The predicted molar refractivity (Wildman–Crippen MR) is 66.8 cm³/mol. The Morgan fingerprint density at radius 2 is 2.19 bits per heavy atom. The molecule has 1 heterocycles. The maximum absolute atomic E-state index is 13.1. The van der Waals surface area contributed by atoms with Gasteiger partial charge >= 0.3 is 0 Å². The van der Waals surface area contributed by atoms with Crippen LogP contribution in [0, 0.1) is 5.82 Å². The Bertz CT molecular complexity index is 439. The van der Waals surface area contributed by atoms with Crippen molar-refractivity contribution in [2.45, 2.75) is 13.1 Å². The van der Waals surface area contributed by atoms with Crippen LogP contribution in [0.5, 0.6) is 0 Å². The van der Waals surface area contributed by atoms with E-state index in [1.54, 1.807) is 16.8 Å². The average Bonchev–Trinajstić information content (AvgIpc) is 2.69. The molecule has 1 N–H and O–H groups in total. The number of hydrogen-bond donors (Lipinski definition) is 1. The molecule has 2 nitrogen and oxygen atoms in total. The maximum atomic E-state index is 13.1. The molecular formula is C11H10BrFN2S. The Balaban J connectivity index is 1.89. The van der Waals surface area contributed by atoms with Crippen LogP contribution in [0.1, 0.15) is 11.3 Å². The topological polar surface area (TPSA) is 24.9 Å². The smallest absolute Gasteiger partial charge is 0.124 e. The monoisotopic (exact) mass is 300 g/mol. The van der Waals surface area contributed by atoms with E-state index in [0.717, 1.165) is 15.7 Å². The number of rotatable bonds is 4. The van der Waals surface area contributed by atoms with Gasteiger partial charge in [-0.3, -0.25) is 0 Å². The summed E-state index contributed by atoms with van der Waals surface area (Å²) in [7, 11) is 0. The van der Waals surface area contributed by atoms with Gasteiger partial charge in [-0.25, -0.2) is 9.37 Å². The number of nitrogens with zero attached hydrogens (tertiary/aromatic N) is 1. The number of halogens is 2. The van der Waals surface area contributed by atoms with E-state index < -0.39 is 0 Å². The first-order chi connectivity index (χ1) is 7.74. The molecule has 0 aliphatic rings. The van der Waals surface area contributed by atoms with Gasteiger partial charge in [0.2, 0.25) is 0 Å². The van der Waals surface area contributed by atoms with Crippen LogP contribution in [-0.2, 0) is 13.1 Å². The zero-order valence-corrected chi connectivity index (χ0v) is 10.8. The molecule has 16 heavy (non-hydrogen) atoms. The highest BCUT2D eigenvalue weighted by atomic mass is 79.9. The molecular weight excluding hydrogens is 291 g/mol. The zero-order chi connectivity index (χ0) is 11.4. The third kappa shape index (κ3) is 3.37. The fourth-order valence-electron chi connectivity index (χ4n) is 1.37. The Morgan fingerprint density at radius 1 is 1.31 bits per heavy atom. The quantitative estimate of drug-likeness (QED) is 0.937. The summed E-state index contributed by atoms with van der Waals surface area (Å²) < 4.78 is 13.8. The highest BCUT2D eigenvalue weighted by Gasteiger charge is 1.99. The van der Waals surface area contributed by atoms with E-state index in [0.29, 0.717) is 13.1 Å². The molecule has 2 rings (SSSR count). The van der Waals surface area contributed by atoms with Crippen molar-refractivity contribution in [2.24, 2.45) is 0 Å². The molecule has 1 aromatic carbocycles. The minimum Gasteiger partial charge on any atom is -0.307 e. The molecule has 84 valence electrons. The molecule has 0 bridgehead atoms. The Hall–Kier alpha value is -0.780. The lowest BCUT2D eigenvalue weighted by Gasteiger charge is -2.04. The number of aromatic nitrogens is 1. The van der Waals surface area contributed by atoms with Crippen LogP contribution in [0.25, 0.3) is 0 Å². The van der Waals surface area contributed by atoms with Crippen LogP contribution in [0.4, 0.5) is 4.39 Å². The lowest BCUT2D eigenvalue weighted by Crippen LogP contribution is -2.12. The van der Waals surface area contributed by atoms with Gasteiger partial charge in [0.25, 0.3) is 0 Å². The van der Waals surface area contributed by atoms with E-state index in [1.807, 2.05) is 11.4 Å². The van der Waals surface area contributed by atoms with Crippen molar-refractivity contribution in [3.8, 4) is 0 Å². The van der Waals surface area contributed by atoms with E-state index in [2.05, 4.69) is 26.2 Å². The molecule has 0 radical (unpaired) electrons. The SMILES string of the molecule is Fc1cc(Br)cc(CNCc2cscn2)c1. The van der Waals surface area contributed by atoms with Crippen molar-refractivity contribution in [1.82, 2.24) is 10.3 Å². The van der Waals surface area contributed by atoms with E-state index >= 15 is 0 Å². The van der Waals surface area contributed by atoms with Crippen LogP contribution >= 0.6 is 27.3 Å². The van der Waals surface area contributed by atoms with Crippen LogP contribution in [0.15, 0.2) is 33.6 Å². The van der Waals surface area contributed by atoms with Gasteiger partial charge in [-0.2, -0.15) is 0 Å². The van der Waals surface area contributed by atoms with Gasteiger partial charge in [0, 0.05) is 22.9 Å². The molecule has 0 unspecified atom stereocenters. The minimum absolute atomic E-state index is 0.222. The van der Waals surface area contributed by atoms with E-state index in [9.17, 15) is 4.39 Å². The van der Waals surface area contributed by atoms with E-state index in [4.69, 9.17) is 0 Å². The molecule has 5 heteroatoms. The third-order valence-electron chi connectivity index (χ3n) is 2.04. The molecule has 1 aromatic heterocycles. The summed E-state index contributed by atoms with van der Waals surface area (Å²) in [5.74, 6) is -0.222. The summed E-state index contributed by atoms with van der Waals surface area (Å²) >= 11 is 4.84. The average molecular weight is 301 g/mol. The first-order valence-electron chi connectivity index (χ1n) is 4.77. The second-order valence-corrected chi connectivity index (χ2v) is 5.00. The summed E-state index contributed by atoms with van der Waals surface area (Å²) in [6.07, 6.45) is 0. The van der Waals surface area contributed by atoms with Crippen molar-refractivity contribution >= 4 is 27.3 Å². The summed E-state index contributed by atoms with van der Waals surface area (Å²) in [4.78, 5) is 4.16. The first kappa shape index (κ1) is 11.7. The minimum atomic E-state index is -0.222. The first-order valence-corrected chi connectivity index (χ1v) is 6.50. The number of nitrogens with one attached hydrogen (secondary N) is 1. The fraction of sp³-hybridized carbons (Fsp3) is 0.182. The van der Waals surface area contributed by atoms with Crippen LogP contribution < -0.4 is 5.32 Å². The highest BCUT2D eigenvalue weighted by molar-refractivity contribution is 9.10. The molecule has 0 fully saturated rings. The van der Waals surface area contributed by atoms with Crippen LogP contribution in [0.3, 0.4) is 0 Å². The predicted octanol–water partition coefficient (Wildman–Crippen LogP) is 3.33. The van der Waals surface area contributed by atoms with Gasteiger partial charge in [0.1, 0.15) is 5.82 Å². The number of hydrogen-bond acceptors (Lipinski definition) is 3. The van der Waals surface area contributed by atoms with Crippen molar-refractivity contribution in [2.75, 3.05) is 0 Å². The van der Waals surface area contributed by atoms with Crippen molar-refractivity contribution in [3.63, 3.8) is 0 Å². The van der Waals surface area contributed by atoms with Crippen molar-refractivity contribution in [1.29, 1.82) is 0 Å². The zero-order valence-electron chi connectivity index (χ0n) is 8.41. The number of benzene rings is 1. The second kappa shape index (κ2) is 5.52. The third-order valence-corrected chi connectivity index (χ3v) is 3.13. The molecule has 0 atom stereocenters. The summed E-state index contributed by atoms with van der Waals surface area (Å²) in [5, 5.41) is 5.21. The highest BCUT2D eigenvalue weighted by Crippen LogP contribution is 2.14. The number of thiazole rings is 1. The molecule has 0 aliphatic carbocycles. The lowest BCUT2D eigenvalue weighted by atomic mass is 10.2.